The van der Waals surface area contributed by atoms with Crippen LogP contribution >= 0.6 is 11.6 Å². The maximum Gasteiger partial charge on any atom is 0.258 e. The third kappa shape index (κ3) is 5.14. The van der Waals surface area contributed by atoms with E-state index in [1.165, 1.54) is 12.1 Å². The molecule has 0 aliphatic rings. The lowest BCUT2D eigenvalue weighted by atomic mass is 10.2. The quantitative estimate of drug-likeness (QED) is 0.840. The van der Waals surface area contributed by atoms with Crippen molar-refractivity contribution < 1.29 is 18.7 Å². The Labute approximate surface area is 139 Å². The van der Waals surface area contributed by atoms with Gasteiger partial charge in [0.2, 0.25) is 0 Å². The van der Waals surface area contributed by atoms with Gasteiger partial charge in [-0.15, -0.1) is 0 Å². The second-order valence-electron chi connectivity index (χ2n) is 4.69. The van der Waals surface area contributed by atoms with Gasteiger partial charge in [0.25, 0.3) is 5.91 Å². The van der Waals surface area contributed by atoms with Crippen LogP contribution in [0.4, 0.5) is 4.39 Å². The van der Waals surface area contributed by atoms with E-state index in [-0.39, 0.29) is 18.3 Å². The van der Waals surface area contributed by atoms with Crippen LogP contribution < -0.4 is 14.8 Å². The lowest BCUT2D eigenvalue weighted by Gasteiger charge is -2.10. The van der Waals surface area contributed by atoms with Crippen LogP contribution in [0.15, 0.2) is 42.5 Å². The Kier molecular flexibility index (Phi) is 6.23. The van der Waals surface area contributed by atoms with Gasteiger partial charge in [0, 0.05) is 6.54 Å². The van der Waals surface area contributed by atoms with Gasteiger partial charge in [-0.2, -0.15) is 0 Å². The van der Waals surface area contributed by atoms with Gasteiger partial charge in [-0.1, -0.05) is 29.8 Å². The molecule has 0 aliphatic heterocycles. The van der Waals surface area contributed by atoms with Crippen molar-refractivity contribution in [3.05, 3.63) is 58.9 Å². The Balaban J connectivity index is 1.82. The molecule has 0 heterocycles. The monoisotopic (exact) mass is 337 g/mol. The maximum atomic E-state index is 13.4. The molecule has 0 spiro atoms. The van der Waals surface area contributed by atoms with E-state index >= 15 is 0 Å². The fourth-order valence-corrected chi connectivity index (χ4v) is 2.14. The summed E-state index contributed by atoms with van der Waals surface area (Å²) >= 11 is 6.08. The summed E-state index contributed by atoms with van der Waals surface area (Å²) in [5, 5.41) is 3.17. The van der Waals surface area contributed by atoms with Crippen molar-refractivity contribution in [1.29, 1.82) is 0 Å². The van der Waals surface area contributed by atoms with Gasteiger partial charge in [-0.3, -0.25) is 4.79 Å². The van der Waals surface area contributed by atoms with Crippen LogP contribution in [0.25, 0.3) is 0 Å². The SMILES string of the molecule is CCOc1ccc(CNC(=O)COc2ccccc2F)cc1Cl. The summed E-state index contributed by atoms with van der Waals surface area (Å²) in [4.78, 5) is 11.7. The molecule has 122 valence electrons. The number of amides is 1. The number of rotatable bonds is 7. The van der Waals surface area contributed by atoms with E-state index in [0.29, 0.717) is 23.9 Å². The predicted octanol–water partition coefficient (Wildman–Crippen LogP) is 3.57. The molecule has 0 aliphatic carbocycles. The largest absolute Gasteiger partial charge is 0.492 e. The molecule has 0 saturated heterocycles. The van der Waals surface area contributed by atoms with Gasteiger partial charge >= 0.3 is 0 Å². The number of halogens is 2. The van der Waals surface area contributed by atoms with Gasteiger partial charge in [0.05, 0.1) is 11.6 Å². The summed E-state index contributed by atoms with van der Waals surface area (Å²) in [6, 6.07) is 11.2. The summed E-state index contributed by atoms with van der Waals surface area (Å²) < 4.78 is 23.8. The van der Waals surface area contributed by atoms with Crippen LogP contribution in [0.2, 0.25) is 5.02 Å². The minimum atomic E-state index is -0.501. The van der Waals surface area contributed by atoms with Crippen molar-refractivity contribution in [3.63, 3.8) is 0 Å². The zero-order valence-electron chi connectivity index (χ0n) is 12.6. The zero-order chi connectivity index (χ0) is 16.7. The van der Waals surface area contributed by atoms with Crippen LogP contribution in [0.3, 0.4) is 0 Å². The van der Waals surface area contributed by atoms with E-state index in [0.717, 1.165) is 5.56 Å². The van der Waals surface area contributed by atoms with Crippen LogP contribution in [0.5, 0.6) is 11.5 Å². The second-order valence-corrected chi connectivity index (χ2v) is 5.10. The molecule has 0 unspecified atom stereocenters. The van der Waals surface area contributed by atoms with Gasteiger partial charge < -0.3 is 14.8 Å². The zero-order valence-corrected chi connectivity index (χ0v) is 13.4. The minimum absolute atomic E-state index is 0.0479. The third-order valence-electron chi connectivity index (χ3n) is 2.98. The number of hydrogen-bond donors (Lipinski definition) is 1. The van der Waals surface area contributed by atoms with Crippen molar-refractivity contribution >= 4 is 17.5 Å². The molecule has 0 aromatic heterocycles. The number of hydrogen-bond acceptors (Lipinski definition) is 3. The first kappa shape index (κ1) is 17.1. The Morgan fingerprint density at radius 2 is 1.96 bits per heavy atom. The van der Waals surface area contributed by atoms with Crippen LogP contribution in [-0.4, -0.2) is 19.1 Å². The Bertz CT molecular complexity index is 679. The highest BCUT2D eigenvalue weighted by molar-refractivity contribution is 6.32. The first-order valence-corrected chi connectivity index (χ1v) is 7.53. The summed E-state index contributed by atoms with van der Waals surface area (Å²) in [7, 11) is 0. The minimum Gasteiger partial charge on any atom is -0.492 e. The van der Waals surface area contributed by atoms with Gasteiger partial charge in [-0.25, -0.2) is 4.39 Å². The van der Waals surface area contributed by atoms with E-state index in [9.17, 15) is 9.18 Å². The van der Waals surface area contributed by atoms with Crippen LogP contribution in [0.1, 0.15) is 12.5 Å². The normalized spacial score (nSPS) is 10.2. The van der Waals surface area contributed by atoms with Crippen molar-refractivity contribution in [3.8, 4) is 11.5 Å². The number of nitrogens with one attached hydrogen (secondary N) is 1. The summed E-state index contributed by atoms with van der Waals surface area (Å²) in [5.41, 5.74) is 0.831. The third-order valence-corrected chi connectivity index (χ3v) is 3.28. The Morgan fingerprint density at radius 3 is 2.65 bits per heavy atom. The highest BCUT2D eigenvalue weighted by Crippen LogP contribution is 2.25. The summed E-state index contributed by atoms with van der Waals surface area (Å²) in [6.07, 6.45) is 0. The van der Waals surface area contributed by atoms with Crippen molar-refractivity contribution in [2.75, 3.05) is 13.2 Å². The lowest BCUT2D eigenvalue weighted by Crippen LogP contribution is -2.28. The highest BCUT2D eigenvalue weighted by atomic mass is 35.5. The van der Waals surface area contributed by atoms with E-state index < -0.39 is 5.82 Å². The van der Waals surface area contributed by atoms with Gasteiger partial charge in [-0.05, 0) is 36.8 Å². The Hall–Kier alpha value is -2.27. The van der Waals surface area contributed by atoms with Crippen molar-refractivity contribution in [2.24, 2.45) is 0 Å². The fraction of sp³-hybridized carbons (Fsp3) is 0.235. The number of para-hydroxylation sites is 1. The molecular weight excluding hydrogens is 321 g/mol. The average molecular weight is 338 g/mol. The maximum absolute atomic E-state index is 13.4. The van der Waals surface area contributed by atoms with E-state index in [1.807, 2.05) is 13.0 Å². The highest BCUT2D eigenvalue weighted by Gasteiger charge is 2.07. The lowest BCUT2D eigenvalue weighted by molar-refractivity contribution is -0.123. The second kappa shape index (κ2) is 8.39. The molecule has 23 heavy (non-hydrogen) atoms. The van der Waals surface area contributed by atoms with E-state index in [2.05, 4.69) is 5.32 Å². The number of carbonyl (C=O) groups excluding carboxylic acids is 1. The molecule has 1 amide bonds. The molecule has 0 radical (unpaired) electrons. The first-order valence-electron chi connectivity index (χ1n) is 7.15. The van der Waals surface area contributed by atoms with E-state index in [4.69, 9.17) is 21.1 Å². The Morgan fingerprint density at radius 1 is 1.17 bits per heavy atom. The molecule has 2 rings (SSSR count). The van der Waals surface area contributed by atoms with Crippen LogP contribution in [0, 0.1) is 5.82 Å². The molecule has 2 aromatic rings. The van der Waals surface area contributed by atoms with Crippen molar-refractivity contribution in [2.45, 2.75) is 13.5 Å². The number of benzene rings is 2. The standard InChI is InChI=1S/C17H17ClFNO3/c1-2-22-15-8-7-12(9-13(15)18)10-20-17(21)11-23-16-6-4-3-5-14(16)19/h3-9H,2,10-11H2,1H3,(H,20,21). The molecule has 0 bridgehead atoms. The first-order chi connectivity index (χ1) is 11.1. The fourth-order valence-electron chi connectivity index (χ4n) is 1.88. The molecular formula is C17H17ClFNO3. The summed E-state index contributed by atoms with van der Waals surface area (Å²) in [6.45, 7) is 2.44. The number of carbonyl (C=O) groups is 1. The molecule has 4 nitrogen and oxygen atoms in total. The molecule has 0 fully saturated rings. The molecule has 1 N–H and O–H groups in total. The topological polar surface area (TPSA) is 47.6 Å². The smallest absolute Gasteiger partial charge is 0.258 e. The molecule has 2 aromatic carbocycles. The van der Waals surface area contributed by atoms with Crippen molar-refractivity contribution in [1.82, 2.24) is 5.32 Å². The molecule has 0 atom stereocenters. The average Bonchev–Trinajstić information content (AvgIpc) is 2.54. The summed E-state index contributed by atoms with van der Waals surface area (Å²) in [5.74, 6) is -0.198. The molecule has 0 saturated carbocycles. The van der Waals surface area contributed by atoms with Gasteiger partial charge in [0.1, 0.15) is 5.75 Å². The molecule has 6 heteroatoms. The van der Waals surface area contributed by atoms with Crippen LogP contribution in [-0.2, 0) is 11.3 Å². The van der Waals surface area contributed by atoms with Gasteiger partial charge in [0.15, 0.2) is 18.2 Å². The number of ether oxygens (including phenoxy) is 2. The van der Waals surface area contributed by atoms with E-state index in [1.54, 1.807) is 24.3 Å². The predicted molar refractivity (Wildman–Crippen MR) is 86.4 cm³/mol.